The second kappa shape index (κ2) is 9.73. The van der Waals surface area contributed by atoms with Gasteiger partial charge in [-0.15, -0.1) is 0 Å². The molecule has 1 aromatic carbocycles. The first-order chi connectivity index (χ1) is 15.9. The second-order valence-electron chi connectivity index (χ2n) is 8.36. The highest BCUT2D eigenvalue weighted by atomic mass is 16.2. The predicted molar refractivity (Wildman–Crippen MR) is 128 cm³/mol. The third-order valence-electron chi connectivity index (χ3n) is 6.02. The number of amides is 2. The molecule has 170 valence electrons. The highest BCUT2D eigenvalue weighted by molar-refractivity contribution is 5.93. The molecule has 0 saturated heterocycles. The average molecular weight is 444 g/mol. The lowest BCUT2D eigenvalue weighted by molar-refractivity contribution is 0.0717. The number of rotatable bonds is 8. The van der Waals surface area contributed by atoms with Gasteiger partial charge in [0.15, 0.2) is 0 Å². The number of benzene rings is 1. The average Bonchev–Trinajstić information content (AvgIpc) is 3.45. The van der Waals surface area contributed by atoms with Gasteiger partial charge in [-0.1, -0.05) is 36.4 Å². The van der Waals surface area contributed by atoms with Crippen LogP contribution < -0.4 is 5.32 Å². The molecule has 7 heteroatoms. The highest BCUT2D eigenvalue weighted by Crippen LogP contribution is 2.16. The first-order valence-corrected chi connectivity index (χ1v) is 11.1. The zero-order chi connectivity index (χ0) is 23.4. The van der Waals surface area contributed by atoms with Crippen LogP contribution in [-0.2, 0) is 13.5 Å². The maximum absolute atomic E-state index is 13.3. The summed E-state index contributed by atoms with van der Waals surface area (Å²) in [7, 11) is 3.65. The molecular weight excluding hydrogens is 414 g/mol. The van der Waals surface area contributed by atoms with Crippen molar-refractivity contribution < 1.29 is 9.59 Å². The van der Waals surface area contributed by atoms with Crippen LogP contribution in [0.2, 0.25) is 0 Å². The Morgan fingerprint density at radius 3 is 2.52 bits per heavy atom. The van der Waals surface area contributed by atoms with E-state index in [2.05, 4.69) is 22.4 Å². The lowest BCUT2D eigenvalue weighted by Crippen LogP contribution is -2.41. The first-order valence-electron chi connectivity index (χ1n) is 11.1. The van der Waals surface area contributed by atoms with Crippen molar-refractivity contribution in [1.29, 1.82) is 0 Å². The summed E-state index contributed by atoms with van der Waals surface area (Å²) in [6, 6.07) is 17.5. The SMILES string of the molecule is Cc1cccn2cc(C(=O)N(C)[C@H](CCNC(=O)c3cccn3C)Cc3ccccc3)nc12. The Hall–Kier alpha value is -3.87. The second-order valence-corrected chi connectivity index (χ2v) is 8.36. The number of aryl methyl sites for hydroxylation is 2. The van der Waals surface area contributed by atoms with Crippen LogP contribution in [0.1, 0.15) is 38.5 Å². The Kier molecular flexibility index (Phi) is 6.58. The fourth-order valence-electron chi connectivity index (χ4n) is 4.06. The number of fused-ring (bicyclic) bond motifs is 1. The molecule has 0 bridgehead atoms. The summed E-state index contributed by atoms with van der Waals surface area (Å²) in [5, 5.41) is 2.99. The third kappa shape index (κ3) is 4.98. The molecule has 0 radical (unpaired) electrons. The largest absolute Gasteiger partial charge is 0.351 e. The van der Waals surface area contributed by atoms with Gasteiger partial charge in [-0.25, -0.2) is 4.98 Å². The standard InChI is InChI=1S/C26H29N5O2/c1-19-9-7-16-31-18-22(28-24(19)31)26(33)30(3)21(17-20-10-5-4-6-11-20)13-14-27-25(32)23-12-8-15-29(23)2/h4-12,15-16,18,21H,13-14,17H2,1-3H3,(H,27,32)/t21-/m1/s1. The van der Waals surface area contributed by atoms with Gasteiger partial charge in [0.05, 0.1) is 0 Å². The zero-order valence-electron chi connectivity index (χ0n) is 19.2. The lowest BCUT2D eigenvalue weighted by Gasteiger charge is -2.28. The van der Waals surface area contributed by atoms with Crippen LogP contribution in [0, 0.1) is 6.92 Å². The number of carbonyl (C=O) groups is 2. The number of carbonyl (C=O) groups excluding carboxylic acids is 2. The fraction of sp³-hybridized carbons (Fsp3) is 0.269. The summed E-state index contributed by atoms with van der Waals surface area (Å²) >= 11 is 0. The molecule has 1 N–H and O–H groups in total. The van der Waals surface area contributed by atoms with Crippen LogP contribution >= 0.6 is 0 Å². The van der Waals surface area contributed by atoms with Crippen LogP contribution in [-0.4, -0.2) is 50.3 Å². The zero-order valence-corrected chi connectivity index (χ0v) is 19.2. The van der Waals surface area contributed by atoms with Crippen molar-refractivity contribution in [3.05, 3.63) is 95.7 Å². The van der Waals surface area contributed by atoms with Gasteiger partial charge in [0.2, 0.25) is 0 Å². The van der Waals surface area contributed by atoms with Crippen molar-refractivity contribution in [1.82, 2.24) is 24.2 Å². The Bertz CT molecular complexity index is 1260. The fourth-order valence-corrected chi connectivity index (χ4v) is 4.06. The van der Waals surface area contributed by atoms with Gasteiger partial charge in [0, 0.05) is 45.3 Å². The van der Waals surface area contributed by atoms with Gasteiger partial charge in [-0.05, 0) is 49.1 Å². The molecule has 4 aromatic rings. The number of nitrogens with one attached hydrogen (secondary N) is 1. The monoisotopic (exact) mass is 443 g/mol. The van der Waals surface area contributed by atoms with Crippen LogP contribution in [0.25, 0.3) is 5.65 Å². The van der Waals surface area contributed by atoms with E-state index in [1.54, 1.807) is 21.7 Å². The number of likely N-dealkylation sites (N-methyl/N-ethyl adjacent to an activating group) is 1. The van der Waals surface area contributed by atoms with Gasteiger partial charge in [-0.2, -0.15) is 0 Å². The van der Waals surface area contributed by atoms with E-state index in [-0.39, 0.29) is 17.9 Å². The molecule has 0 aliphatic heterocycles. The van der Waals surface area contributed by atoms with E-state index in [9.17, 15) is 9.59 Å². The van der Waals surface area contributed by atoms with Crippen molar-refractivity contribution in [2.24, 2.45) is 7.05 Å². The minimum absolute atomic E-state index is 0.0977. The molecular formula is C26H29N5O2. The Labute approximate surface area is 193 Å². The van der Waals surface area contributed by atoms with E-state index in [4.69, 9.17) is 0 Å². The highest BCUT2D eigenvalue weighted by Gasteiger charge is 2.24. The molecule has 3 heterocycles. The lowest BCUT2D eigenvalue weighted by atomic mass is 10.0. The normalized spacial score (nSPS) is 12.0. The summed E-state index contributed by atoms with van der Waals surface area (Å²) in [5.41, 5.74) is 3.96. The minimum atomic E-state index is -0.132. The summed E-state index contributed by atoms with van der Waals surface area (Å²) in [6.07, 6.45) is 6.83. The quantitative estimate of drug-likeness (QED) is 0.453. The van der Waals surface area contributed by atoms with E-state index < -0.39 is 0 Å². The van der Waals surface area contributed by atoms with Crippen molar-refractivity contribution in [2.75, 3.05) is 13.6 Å². The van der Waals surface area contributed by atoms with Crippen molar-refractivity contribution in [3.8, 4) is 0 Å². The van der Waals surface area contributed by atoms with Crippen molar-refractivity contribution >= 4 is 17.5 Å². The van der Waals surface area contributed by atoms with E-state index in [0.29, 0.717) is 30.8 Å². The Balaban J connectivity index is 1.50. The van der Waals surface area contributed by atoms with E-state index >= 15 is 0 Å². The number of nitrogens with zero attached hydrogens (tertiary/aromatic N) is 4. The van der Waals surface area contributed by atoms with Gasteiger partial charge >= 0.3 is 0 Å². The van der Waals surface area contributed by atoms with Gasteiger partial charge in [-0.3, -0.25) is 9.59 Å². The van der Waals surface area contributed by atoms with E-state index in [1.165, 1.54) is 0 Å². The molecule has 0 saturated carbocycles. The molecule has 3 aromatic heterocycles. The van der Waals surface area contributed by atoms with Gasteiger partial charge in [0.1, 0.15) is 17.0 Å². The summed E-state index contributed by atoms with van der Waals surface area (Å²) in [6.45, 7) is 2.44. The predicted octanol–water partition coefficient (Wildman–Crippen LogP) is 3.48. The maximum atomic E-state index is 13.3. The minimum Gasteiger partial charge on any atom is -0.351 e. The van der Waals surface area contributed by atoms with E-state index in [1.807, 2.05) is 74.2 Å². The van der Waals surface area contributed by atoms with Crippen LogP contribution in [0.5, 0.6) is 0 Å². The summed E-state index contributed by atoms with van der Waals surface area (Å²) in [4.78, 5) is 32.2. The van der Waals surface area contributed by atoms with E-state index in [0.717, 1.165) is 16.8 Å². The third-order valence-corrected chi connectivity index (χ3v) is 6.02. The molecule has 4 rings (SSSR count). The van der Waals surface area contributed by atoms with Crippen LogP contribution in [0.3, 0.4) is 0 Å². The summed E-state index contributed by atoms with van der Waals surface area (Å²) < 4.78 is 3.67. The topological polar surface area (TPSA) is 71.6 Å². The number of hydrogen-bond acceptors (Lipinski definition) is 3. The Morgan fingerprint density at radius 2 is 1.82 bits per heavy atom. The molecule has 0 aliphatic carbocycles. The maximum Gasteiger partial charge on any atom is 0.274 e. The smallest absolute Gasteiger partial charge is 0.274 e. The van der Waals surface area contributed by atoms with Gasteiger partial charge in [0.25, 0.3) is 11.8 Å². The molecule has 7 nitrogen and oxygen atoms in total. The number of imidazole rings is 1. The van der Waals surface area contributed by atoms with Crippen LogP contribution in [0.15, 0.2) is 73.2 Å². The molecule has 2 amide bonds. The Morgan fingerprint density at radius 1 is 1.06 bits per heavy atom. The molecule has 0 spiro atoms. The molecule has 0 aliphatic rings. The summed E-state index contributed by atoms with van der Waals surface area (Å²) in [5.74, 6) is -0.251. The number of aromatic nitrogens is 3. The molecule has 1 atom stereocenters. The first kappa shape index (κ1) is 22.3. The molecule has 0 fully saturated rings. The van der Waals surface area contributed by atoms with Gasteiger partial charge < -0.3 is 19.2 Å². The van der Waals surface area contributed by atoms with Crippen molar-refractivity contribution in [3.63, 3.8) is 0 Å². The van der Waals surface area contributed by atoms with Crippen LogP contribution in [0.4, 0.5) is 0 Å². The number of pyridine rings is 1. The molecule has 33 heavy (non-hydrogen) atoms. The van der Waals surface area contributed by atoms with Crippen molar-refractivity contribution in [2.45, 2.75) is 25.8 Å². The molecule has 0 unspecified atom stereocenters. The number of hydrogen-bond donors (Lipinski definition) is 1.